The highest BCUT2D eigenvalue weighted by molar-refractivity contribution is 6.05. The topological polar surface area (TPSA) is 67.4 Å². The Hall–Kier alpha value is -2.63. The van der Waals surface area contributed by atoms with Gasteiger partial charge in [0.1, 0.15) is 11.6 Å². The average Bonchev–Trinajstić information content (AvgIpc) is 2.77. The molecule has 1 aromatic heterocycles. The summed E-state index contributed by atoms with van der Waals surface area (Å²) in [6.45, 7) is 1.20. The maximum Gasteiger partial charge on any atom is 0.278 e. The number of para-hydroxylation sites is 2. The zero-order chi connectivity index (χ0) is 14.7. The summed E-state index contributed by atoms with van der Waals surface area (Å²) in [4.78, 5) is 14.4. The molecule has 1 aliphatic rings. The van der Waals surface area contributed by atoms with Crippen LogP contribution >= 0.6 is 0 Å². The number of rotatable bonds is 2. The molecule has 0 atom stereocenters. The Morgan fingerprint density at radius 1 is 1.24 bits per heavy atom. The van der Waals surface area contributed by atoms with E-state index >= 15 is 0 Å². The van der Waals surface area contributed by atoms with Crippen LogP contribution in [0.25, 0.3) is 0 Å². The minimum atomic E-state index is -0.164. The van der Waals surface area contributed by atoms with Gasteiger partial charge in [-0.1, -0.05) is 12.1 Å². The Morgan fingerprint density at radius 2 is 2.10 bits per heavy atom. The molecule has 0 aliphatic carbocycles. The second-order valence-corrected chi connectivity index (χ2v) is 4.68. The first-order valence-electron chi connectivity index (χ1n) is 6.85. The molecule has 2 heterocycles. The molecule has 1 aliphatic heterocycles. The molecule has 0 fully saturated rings. The third-order valence-corrected chi connectivity index (χ3v) is 3.32. The number of benzene rings is 1. The Labute approximate surface area is 122 Å². The van der Waals surface area contributed by atoms with Crippen LogP contribution in [0.3, 0.4) is 0 Å². The summed E-state index contributed by atoms with van der Waals surface area (Å²) < 4.78 is 5.66. The van der Waals surface area contributed by atoms with Gasteiger partial charge >= 0.3 is 0 Å². The van der Waals surface area contributed by atoms with Crippen molar-refractivity contribution in [3.8, 4) is 5.75 Å². The maximum absolute atomic E-state index is 12.7. The molecule has 1 N–H and O–H groups in total. The highest BCUT2D eigenvalue weighted by Gasteiger charge is 2.24. The van der Waals surface area contributed by atoms with Crippen LogP contribution in [0.5, 0.6) is 5.75 Å². The normalized spacial score (nSPS) is 13.9. The van der Waals surface area contributed by atoms with Crippen molar-refractivity contribution in [1.29, 1.82) is 0 Å². The fraction of sp³-hybridized carbons (Fsp3) is 0.267. The SMILES string of the molecule is CNc1ccc(C(=O)N2CCCOc3ccccc32)nn1. The summed E-state index contributed by atoms with van der Waals surface area (Å²) in [5.74, 6) is 1.19. The second-order valence-electron chi connectivity index (χ2n) is 4.68. The van der Waals surface area contributed by atoms with Crippen LogP contribution in [-0.2, 0) is 0 Å². The van der Waals surface area contributed by atoms with Gasteiger partial charge in [0.25, 0.3) is 5.91 Å². The van der Waals surface area contributed by atoms with Gasteiger partial charge in [0, 0.05) is 13.6 Å². The fourth-order valence-corrected chi connectivity index (χ4v) is 2.26. The van der Waals surface area contributed by atoms with Gasteiger partial charge in [-0.3, -0.25) is 4.79 Å². The van der Waals surface area contributed by atoms with Crippen LogP contribution in [-0.4, -0.2) is 36.3 Å². The van der Waals surface area contributed by atoms with Gasteiger partial charge in [0.2, 0.25) is 0 Å². The van der Waals surface area contributed by atoms with E-state index in [1.807, 2.05) is 24.3 Å². The predicted molar refractivity (Wildman–Crippen MR) is 79.8 cm³/mol. The van der Waals surface area contributed by atoms with Crippen LogP contribution in [0.15, 0.2) is 36.4 Å². The maximum atomic E-state index is 12.7. The monoisotopic (exact) mass is 284 g/mol. The smallest absolute Gasteiger partial charge is 0.278 e. The van der Waals surface area contributed by atoms with Gasteiger partial charge in [-0.2, -0.15) is 0 Å². The Kier molecular flexibility index (Phi) is 3.68. The van der Waals surface area contributed by atoms with E-state index in [0.717, 1.165) is 17.9 Å². The van der Waals surface area contributed by atoms with Crippen molar-refractivity contribution in [1.82, 2.24) is 10.2 Å². The summed E-state index contributed by atoms with van der Waals surface area (Å²) in [6, 6.07) is 11.0. The van der Waals surface area contributed by atoms with Crippen LogP contribution in [0.1, 0.15) is 16.9 Å². The van der Waals surface area contributed by atoms with Gasteiger partial charge < -0.3 is 15.0 Å². The molecule has 6 heteroatoms. The lowest BCUT2D eigenvalue weighted by molar-refractivity contribution is 0.0981. The molecule has 1 amide bonds. The van der Waals surface area contributed by atoms with Crippen LogP contribution in [0.4, 0.5) is 11.5 Å². The molecule has 0 radical (unpaired) electrons. The molecular weight excluding hydrogens is 268 g/mol. The van der Waals surface area contributed by atoms with E-state index in [9.17, 15) is 4.79 Å². The van der Waals surface area contributed by atoms with E-state index in [0.29, 0.717) is 24.7 Å². The number of nitrogens with zero attached hydrogens (tertiary/aromatic N) is 3. The molecular formula is C15H16N4O2. The first-order chi connectivity index (χ1) is 10.3. The van der Waals surface area contributed by atoms with Gasteiger partial charge in [0.05, 0.1) is 12.3 Å². The number of carbonyl (C=O) groups is 1. The first-order valence-corrected chi connectivity index (χ1v) is 6.85. The summed E-state index contributed by atoms with van der Waals surface area (Å²) in [5.41, 5.74) is 1.10. The Bertz CT molecular complexity index is 642. The zero-order valence-electron chi connectivity index (χ0n) is 11.7. The minimum absolute atomic E-state index is 0.164. The zero-order valence-corrected chi connectivity index (χ0v) is 11.7. The molecule has 0 saturated heterocycles. The highest BCUT2D eigenvalue weighted by Crippen LogP contribution is 2.31. The fourth-order valence-electron chi connectivity index (χ4n) is 2.26. The third-order valence-electron chi connectivity index (χ3n) is 3.32. The van der Waals surface area contributed by atoms with Crippen LogP contribution < -0.4 is 15.0 Å². The average molecular weight is 284 g/mol. The van der Waals surface area contributed by atoms with Crippen LogP contribution in [0.2, 0.25) is 0 Å². The number of ether oxygens (including phenoxy) is 1. The van der Waals surface area contributed by atoms with E-state index in [1.165, 1.54) is 0 Å². The molecule has 1 aromatic carbocycles. The summed E-state index contributed by atoms with van der Waals surface area (Å²) in [5, 5.41) is 10.8. The van der Waals surface area contributed by atoms with E-state index in [1.54, 1.807) is 24.1 Å². The quantitative estimate of drug-likeness (QED) is 0.913. The predicted octanol–water partition coefficient (Wildman–Crippen LogP) is 1.95. The van der Waals surface area contributed by atoms with E-state index in [4.69, 9.17) is 4.74 Å². The van der Waals surface area contributed by atoms with Gasteiger partial charge in [-0.15, -0.1) is 10.2 Å². The molecule has 0 spiro atoms. The number of anilines is 2. The third kappa shape index (κ3) is 2.65. The molecule has 6 nitrogen and oxygen atoms in total. The van der Waals surface area contributed by atoms with Crippen molar-refractivity contribution in [3.63, 3.8) is 0 Å². The molecule has 2 aromatic rings. The molecule has 3 rings (SSSR count). The summed E-state index contributed by atoms with van der Waals surface area (Å²) in [7, 11) is 1.76. The van der Waals surface area contributed by atoms with Crippen molar-refractivity contribution in [2.75, 3.05) is 30.4 Å². The van der Waals surface area contributed by atoms with Crippen molar-refractivity contribution in [2.45, 2.75) is 6.42 Å². The number of fused-ring (bicyclic) bond motifs is 1. The molecule has 0 saturated carbocycles. The van der Waals surface area contributed by atoms with E-state index < -0.39 is 0 Å². The largest absolute Gasteiger partial charge is 0.491 e. The number of aromatic nitrogens is 2. The standard InChI is InChI=1S/C15H16N4O2/c1-16-14-8-7-11(17-18-14)15(20)19-9-4-10-21-13-6-3-2-5-12(13)19/h2-3,5-8H,4,9-10H2,1H3,(H,16,18). The number of carbonyl (C=O) groups excluding carboxylic acids is 1. The lowest BCUT2D eigenvalue weighted by Crippen LogP contribution is -2.32. The van der Waals surface area contributed by atoms with Crippen molar-refractivity contribution in [2.24, 2.45) is 0 Å². The first kappa shape index (κ1) is 13.4. The highest BCUT2D eigenvalue weighted by atomic mass is 16.5. The minimum Gasteiger partial charge on any atom is -0.491 e. The lowest BCUT2D eigenvalue weighted by Gasteiger charge is -2.21. The van der Waals surface area contributed by atoms with E-state index in [2.05, 4.69) is 15.5 Å². The molecule has 0 bridgehead atoms. The van der Waals surface area contributed by atoms with Crippen molar-refractivity contribution >= 4 is 17.4 Å². The summed E-state index contributed by atoms with van der Waals surface area (Å²) in [6.07, 6.45) is 0.780. The Morgan fingerprint density at radius 3 is 2.86 bits per heavy atom. The van der Waals surface area contributed by atoms with Gasteiger partial charge in [0.15, 0.2) is 5.69 Å². The number of hydrogen-bond acceptors (Lipinski definition) is 5. The lowest BCUT2D eigenvalue weighted by atomic mass is 10.2. The van der Waals surface area contributed by atoms with Crippen molar-refractivity contribution < 1.29 is 9.53 Å². The number of amides is 1. The van der Waals surface area contributed by atoms with Gasteiger partial charge in [-0.25, -0.2) is 0 Å². The van der Waals surface area contributed by atoms with E-state index in [-0.39, 0.29) is 5.91 Å². The summed E-state index contributed by atoms with van der Waals surface area (Å²) >= 11 is 0. The number of nitrogens with one attached hydrogen (secondary N) is 1. The van der Waals surface area contributed by atoms with Crippen LogP contribution in [0, 0.1) is 0 Å². The Balaban J connectivity index is 1.93. The van der Waals surface area contributed by atoms with Crippen molar-refractivity contribution in [3.05, 3.63) is 42.1 Å². The molecule has 21 heavy (non-hydrogen) atoms. The molecule has 108 valence electrons. The van der Waals surface area contributed by atoms with Gasteiger partial charge in [-0.05, 0) is 30.7 Å². The second kappa shape index (κ2) is 5.78. The molecule has 0 unspecified atom stereocenters. The number of hydrogen-bond donors (Lipinski definition) is 1.